The van der Waals surface area contributed by atoms with Gasteiger partial charge in [0.2, 0.25) is 5.89 Å². The molecule has 1 saturated heterocycles. The zero-order valence-corrected chi connectivity index (χ0v) is 21.3. The number of aryl methyl sites for hydroxylation is 1. The van der Waals surface area contributed by atoms with Crippen LogP contribution in [0.2, 0.25) is 0 Å². The number of aromatic nitrogens is 2. The Morgan fingerprint density at radius 1 is 1.31 bits per heavy atom. The number of fused-ring (bicyclic) bond motifs is 1. The average Bonchev–Trinajstić information content (AvgIpc) is 3.27. The molecule has 1 aromatic carbocycles. The van der Waals surface area contributed by atoms with Crippen LogP contribution in [0.15, 0.2) is 39.7 Å². The van der Waals surface area contributed by atoms with Crippen molar-refractivity contribution < 1.29 is 27.6 Å². The van der Waals surface area contributed by atoms with E-state index in [4.69, 9.17) is 13.7 Å². The quantitative estimate of drug-likeness (QED) is 0.502. The summed E-state index contributed by atoms with van der Waals surface area (Å²) in [7, 11) is 2.13. The van der Waals surface area contributed by atoms with Gasteiger partial charge in [-0.3, -0.25) is 4.55 Å². The number of benzene rings is 1. The number of anilines is 1. The predicted molar refractivity (Wildman–Crippen MR) is 135 cm³/mol. The van der Waals surface area contributed by atoms with Gasteiger partial charge in [0.1, 0.15) is 11.6 Å². The fourth-order valence-electron chi connectivity index (χ4n) is 3.94. The van der Waals surface area contributed by atoms with Gasteiger partial charge in [0.05, 0.1) is 29.8 Å². The molecule has 12 heteroatoms. The number of ether oxygens (including phenoxy) is 1. The normalized spacial score (nSPS) is 15.5. The summed E-state index contributed by atoms with van der Waals surface area (Å²) in [5.41, 5.74) is 1.79. The van der Waals surface area contributed by atoms with Crippen molar-refractivity contribution in [2.45, 2.75) is 25.8 Å². The number of hydrogen-bond donors (Lipinski definition) is 1. The van der Waals surface area contributed by atoms with Gasteiger partial charge < -0.3 is 24.4 Å². The van der Waals surface area contributed by atoms with Crippen molar-refractivity contribution in [2.24, 2.45) is 0 Å². The lowest BCUT2D eigenvalue weighted by Gasteiger charge is -2.22. The van der Waals surface area contributed by atoms with Gasteiger partial charge in [0.15, 0.2) is 0 Å². The summed E-state index contributed by atoms with van der Waals surface area (Å²) in [5, 5.41) is 0.510. The zero-order chi connectivity index (χ0) is 25.0. The lowest BCUT2D eigenvalue weighted by Crippen LogP contribution is -2.31. The van der Waals surface area contributed by atoms with Crippen molar-refractivity contribution in [2.75, 3.05) is 45.5 Å². The maximum Gasteiger partial charge on any atom is 0.347 e. The zero-order valence-electron chi connectivity index (χ0n) is 20.5. The molecular formula is C23H32N4O7S. The molecule has 0 amide bonds. The van der Waals surface area contributed by atoms with E-state index in [1.807, 2.05) is 25.1 Å². The van der Waals surface area contributed by atoms with E-state index < -0.39 is 10.1 Å². The SMILES string of the molecule is CCc1cc(OC)cc2nc(-c3cccnc3N3CCC(N(C)C)C3)oc(=O)c12.CS(=O)(=O)O.O. The highest BCUT2D eigenvalue weighted by atomic mass is 32.2. The number of pyridine rings is 1. The van der Waals surface area contributed by atoms with Crippen LogP contribution in [0.3, 0.4) is 0 Å². The van der Waals surface area contributed by atoms with Gasteiger partial charge in [-0.05, 0) is 50.7 Å². The Balaban J connectivity index is 0.000000656. The maximum atomic E-state index is 12.8. The summed E-state index contributed by atoms with van der Waals surface area (Å²) in [6.07, 6.45) is 4.23. The van der Waals surface area contributed by atoms with Crippen LogP contribution >= 0.6 is 0 Å². The van der Waals surface area contributed by atoms with Gasteiger partial charge in [-0.15, -0.1) is 0 Å². The molecule has 0 saturated carbocycles. The third-order valence-corrected chi connectivity index (χ3v) is 5.62. The molecule has 4 rings (SSSR count). The molecule has 0 aliphatic carbocycles. The van der Waals surface area contributed by atoms with Crippen LogP contribution in [0, 0.1) is 0 Å². The van der Waals surface area contributed by atoms with E-state index in [0.717, 1.165) is 36.5 Å². The van der Waals surface area contributed by atoms with Crippen molar-refractivity contribution in [1.29, 1.82) is 0 Å². The summed E-state index contributed by atoms with van der Waals surface area (Å²) < 4.78 is 36.9. The molecule has 1 aliphatic heterocycles. The largest absolute Gasteiger partial charge is 0.497 e. The third kappa shape index (κ3) is 6.98. The van der Waals surface area contributed by atoms with E-state index in [0.29, 0.717) is 35.4 Å². The second-order valence-corrected chi connectivity index (χ2v) is 9.77. The van der Waals surface area contributed by atoms with Crippen LogP contribution < -0.4 is 15.3 Å². The van der Waals surface area contributed by atoms with Gasteiger partial charge in [-0.2, -0.15) is 8.42 Å². The van der Waals surface area contributed by atoms with Gasteiger partial charge in [0.25, 0.3) is 10.1 Å². The number of likely N-dealkylation sites (N-methyl/N-ethyl adjacent to an activating group) is 1. The van der Waals surface area contributed by atoms with E-state index >= 15 is 0 Å². The standard InChI is InChI=1S/C22H26N4O3.CH4O3S.H2O/c1-5-14-11-16(28-4)12-18-19(14)22(27)29-21(24-18)17-7-6-9-23-20(17)26-10-8-15(13-26)25(2)3;1-5(2,3)4;/h6-7,9,11-12,15H,5,8,10,13H2,1-4H3;1H3,(H,2,3,4);1H2. The molecule has 1 unspecified atom stereocenters. The highest BCUT2D eigenvalue weighted by Gasteiger charge is 2.27. The average molecular weight is 509 g/mol. The van der Waals surface area contributed by atoms with Crippen LogP contribution in [0.25, 0.3) is 22.4 Å². The molecule has 0 spiro atoms. The third-order valence-electron chi connectivity index (χ3n) is 5.62. The predicted octanol–water partition coefficient (Wildman–Crippen LogP) is 1.64. The molecule has 0 radical (unpaired) electrons. The van der Waals surface area contributed by atoms with Crippen molar-refractivity contribution >= 4 is 26.8 Å². The lowest BCUT2D eigenvalue weighted by atomic mass is 10.1. The molecule has 3 N–H and O–H groups in total. The molecule has 2 aromatic heterocycles. The first-order chi connectivity index (χ1) is 16.0. The molecule has 35 heavy (non-hydrogen) atoms. The Labute approximate surface area is 204 Å². The number of nitrogens with zero attached hydrogens (tertiary/aromatic N) is 4. The van der Waals surface area contributed by atoms with Crippen molar-refractivity contribution in [3.05, 3.63) is 46.4 Å². The highest BCUT2D eigenvalue weighted by molar-refractivity contribution is 7.85. The molecular weight excluding hydrogens is 476 g/mol. The Bertz CT molecular complexity index is 1320. The smallest absolute Gasteiger partial charge is 0.347 e. The van der Waals surface area contributed by atoms with E-state index in [-0.39, 0.29) is 17.0 Å². The molecule has 1 aliphatic rings. The lowest BCUT2D eigenvalue weighted by molar-refractivity contribution is 0.315. The van der Waals surface area contributed by atoms with Crippen molar-refractivity contribution in [1.82, 2.24) is 14.9 Å². The minimum absolute atomic E-state index is 0. The molecule has 3 heterocycles. The minimum atomic E-state index is -3.67. The minimum Gasteiger partial charge on any atom is -0.497 e. The van der Waals surface area contributed by atoms with Gasteiger partial charge in [0, 0.05) is 31.4 Å². The molecule has 192 valence electrons. The summed E-state index contributed by atoms with van der Waals surface area (Å²) in [6, 6.07) is 7.86. The van der Waals surface area contributed by atoms with Crippen LogP contribution in [0.5, 0.6) is 5.75 Å². The summed E-state index contributed by atoms with van der Waals surface area (Å²) in [6.45, 7) is 3.77. The first-order valence-electron chi connectivity index (χ1n) is 10.8. The molecule has 1 fully saturated rings. The summed E-state index contributed by atoms with van der Waals surface area (Å²) in [4.78, 5) is 26.6. The fourth-order valence-corrected chi connectivity index (χ4v) is 3.94. The highest BCUT2D eigenvalue weighted by Crippen LogP contribution is 2.31. The van der Waals surface area contributed by atoms with Crippen molar-refractivity contribution in [3.63, 3.8) is 0 Å². The number of rotatable bonds is 5. The first kappa shape index (κ1) is 28.2. The molecule has 0 bridgehead atoms. The Morgan fingerprint density at radius 2 is 2.00 bits per heavy atom. The molecule has 11 nitrogen and oxygen atoms in total. The van der Waals surface area contributed by atoms with E-state index in [1.54, 1.807) is 19.4 Å². The number of methoxy groups -OCH3 is 1. The van der Waals surface area contributed by atoms with Gasteiger partial charge in [-0.25, -0.2) is 14.8 Å². The molecule has 3 aromatic rings. The first-order valence-corrected chi connectivity index (χ1v) is 12.7. The summed E-state index contributed by atoms with van der Waals surface area (Å²) in [5.74, 6) is 1.76. The second-order valence-electron chi connectivity index (χ2n) is 8.30. The van der Waals surface area contributed by atoms with Crippen LogP contribution in [-0.4, -0.2) is 79.9 Å². The van der Waals surface area contributed by atoms with Crippen LogP contribution in [0.1, 0.15) is 18.9 Å². The van der Waals surface area contributed by atoms with Crippen molar-refractivity contribution in [3.8, 4) is 17.2 Å². The molecule has 1 atom stereocenters. The van der Waals surface area contributed by atoms with Crippen LogP contribution in [0.4, 0.5) is 5.82 Å². The monoisotopic (exact) mass is 508 g/mol. The van der Waals surface area contributed by atoms with Gasteiger partial charge in [-0.1, -0.05) is 6.92 Å². The summed E-state index contributed by atoms with van der Waals surface area (Å²) >= 11 is 0. The second kappa shape index (κ2) is 11.6. The maximum absolute atomic E-state index is 12.8. The fraction of sp³-hybridized carbons (Fsp3) is 0.435. The topological polar surface area (TPSA) is 158 Å². The van der Waals surface area contributed by atoms with Gasteiger partial charge >= 0.3 is 5.63 Å². The Hall–Kier alpha value is -3.06. The number of hydrogen-bond acceptors (Lipinski definition) is 9. The Morgan fingerprint density at radius 3 is 2.57 bits per heavy atom. The van der Waals surface area contributed by atoms with E-state index in [2.05, 4.69) is 33.9 Å². The Kier molecular flexibility index (Phi) is 9.32. The van der Waals surface area contributed by atoms with E-state index in [1.165, 1.54) is 0 Å². The van der Waals surface area contributed by atoms with Crippen LogP contribution in [-0.2, 0) is 16.5 Å². The van der Waals surface area contributed by atoms with E-state index in [9.17, 15) is 13.2 Å².